The summed E-state index contributed by atoms with van der Waals surface area (Å²) < 4.78 is 42.7. The minimum absolute atomic E-state index is 0.0474. The van der Waals surface area contributed by atoms with E-state index in [0.29, 0.717) is 16.2 Å². The Hall–Kier alpha value is -2.54. The summed E-state index contributed by atoms with van der Waals surface area (Å²) in [6, 6.07) is 4.63. The molecule has 0 heterocycles. The van der Waals surface area contributed by atoms with Crippen molar-refractivity contribution in [2.45, 2.75) is 65.4 Å². The molecule has 7 heteroatoms. The van der Waals surface area contributed by atoms with E-state index < -0.39 is 17.4 Å². The molecule has 1 aromatic carbocycles. The van der Waals surface area contributed by atoms with Crippen molar-refractivity contribution in [3.63, 3.8) is 0 Å². The second kappa shape index (κ2) is 13.8. The third-order valence-electron chi connectivity index (χ3n) is 4.58. The van der Waals surface area contributed by atoms with E-state index >= 15 is 0 Å². The van der Waals surface area contributed by atoms with Crippen molar-refractivity contribution in [3.8, 4) is 5.75 Å². The highest BCUT2D eigenvalue weighted by Gasteiger charge is 2.16. The summed E-state index contributed by atoms with van der Waals surface area (Å²) in [5.41, 5.74) is 3.84. The van der Waals surface area contributed by atoms with E-state index in [1.807, 2.05) is 52.0 Å². The summed E-state index contributed by atoms with van der Waals surface area (Å²) in [4.78, 5) is 12.1. The van der Waals surface area contributed by atoms with Crippen LogP contribution < -0.4 is 10.1 Å². The Bertz CT molecular complexity index is 947. The number of carbonyl (C=O) groups excluding carboxylic acids is 1. The average molecular weight is 466 g/mol. The van der Waals surface area contributed by atoms with E-state index in [9.17, 15) is 17.8 Å². The molecular formula is C25H33F2NO3S. The lowest BCUT2D eigenvalue weighted by Gasteiger charge is -2.18. The highest BCUT2D eigenvalue weighted by molar-refractivity contribution is 7.84. The van der Waals surface area contributed by atoms with Crippen LogP contribution in [0.25, 0.3) is 5.57 Å². The highest BCUT2D eigenvalue weighted by Crippen LogP contribution is 2.34. The van der Waals surface area contributed by atoms with Gasteiger partial charge in [-0.15, -0.1) is 0 Å². The molecule has 0 saturated carbocycles. The van der Waals surface area contributed by atoms with Crippen molar-refractivity contribution >= 4 is 22.3 Å². The van der Waals surface area contributed by atoms with Crippen LogP contribution in [0, 0.1) is 0 Å². The number of carbonyl (C=O) groups is 1. The number of nitrogens with one attached hydrogen (secondary N) is 1. The number of hydrogen-bond acceptors (Lipinski definition) is 3. The minimum Gasteiger partial charge on any atom is -0.435 e. The van der Waals surface area contributed by atoms with Crippen molar-refractivity contribution in [2.75, 3.05) is 6.26 Å². The molecule has 0 aliphatic carbocycles. The minimum atomic E-state index is -2.99. The van der Waals surface area contributed by atoms with E-state index in [2.05, 4.69) is 10.1 Å². The predicted molar refractivity (Wildman–Crippen MR) is 128 cm³/mol. The first-order valence-electron chi connectivity index (χ1n) is 10.6. The molecule has 0 saturated heterocycles. The van der Waals surface area contributed by atoms with Gasteiger partial charge in [0.05, 0.1) is 0 Å². The molecule has 0 aromatic heterocycles. The van der Waals surface area contributed by atoms with Crippen molar-refractivity contribution in [3.05, 3.63) is 64.9 Å². The smallest absolute Gasteiger partial charge is 0.387 e. The van der Waals surface area contributed by atoms with Crippen LogP contribution in [0.2, 0.25) is 0 Å². The number of amides is 1. The fraction of sp³-hybridized carbons (Fsp3) is 0.400. The number of benzene rings is 1. The van der Waals surface area contributed by atoms with Crippen LogP contribution in [0.1, 0.15) is 59.4 Å². The number of alkyl halides is 2. The van der Waals surface area contributed by atoms with Gasteiger partial charge in [-0.1, -0.05) is 38.5 Å². The molecule has 0 spiro atoms. The van der Waals surface area contributed by atoms with Gasteiger partial charge >= 0.3 is 6.61 Å². The van der Waals surface area contributed by atoms with Gasteiger partial charge in [-0.3, -0.25) is 9.00 Å². The maximum Gasteiger partial charge on any atom is 0.387 e. The molecule has 1 unspecified atom stereocenters. The summed E-state index contributed by atoms with van der Waals surface area (Å²) in [5, 5.41) is 2.84. The fourth-order valence-corrected chi connectivity index (χ4v) is 3.60. The van der Waals surface area contributed by atoms with Crippen LogP contribution in [0.3, 0.4) is 0 Å². The molecule has 1 N–H and O–H groups in total. The van der Waals surface area contributed by atoms with Gasteiger partial charge in [-0.25, -0.2) is 0 Å². The molecule has 176 valence electrons. The van der Waals surface area contributed by atoms with Gasteiger partial charge in [-0.05, 0) is 73.2 Å². The quantitative estimate of drug-likeness (QED) is 0.378. The Morgan fingerprint density at radius 2 is 1.88 bits per heavy atom. The molecule has 1 atom stereocenters. The Labute approximate surface area is 192 Å². The summed E-state index contributed by atoms with van der Waals surface area (Å²) >= 11 is 0. The lowest BCUT2D eigenvalue weighted by molar-refractivity contribution is -0.118. The third-order valence-corrected chi connectivity index (χ3v) is 5.48. The predicted octanol–water partition coefficient (Wildman–Crippen LogP) is 6.53. The van der Waals surface area contributed by atoms with Crippen molar-refractivity contribution < 1.29 is 22.5 Å². The fourth-order valence-electron chi connectivity index (χ4n) is 3.02. The topological polar surface area (TPSA) is 55.4 Å². The normalized spacial score (nSPS) is 14.5. The molecule has 0 aliphatic heterocycles. The van der Waals surface area contributed by atoms with Crippen LogP contribution in [0.4, 0.5) is 8.78 Å². The highest BCUT2D eigenvalue weighted by atomic mass is 32.2. The van der Waals surface area contributed by atoms with Crippen molar-refractivity contribution in [1.82, 2.24) is 5.32 Å². The zero-order valence-corrected chi connectivity index (χ0v) is 20.4. The number of ether oxygens (including phenoxy) is 1. The monoisotopic (exact) mass is 465 g/mol. The van der Waals surface area contributed by atoms with Crippen molar-refractivity contribution in [1.29, 1.82) is 0 Å². The van der Waals surface area contributed by atoms with Gasteiger partial charge in [0.25, 0.3) is 0 Å². The lowest BCUT2D eigenvalue weighted by atomic mass is 9.90. The SMILES string of the molecule is C\C=C(C)/C(=C\C(=C\CC)NC(C)=O)C(=C\CCC)/c1cc(OC(F)F)cc(S(C)=O)c1. The van der Waals surface area contributed by atoms with E-state index in [0.717, 1.165) is 36.0 Å². The summed E-state index contributed by atoms with van der Waals surface area (Å²) in [6.45, 7) is 6.33. The molecular weight excluding hydrogens is 432 g/mol. The number of rotatable bonds is 11. The molecule has 0 radical (unpaired) electrons. The Morgan fingerprint density at radius 3 is 2.38 bits per heavy atom. The van der Waals surface area contributed by atoms with Crippen LogP contribution in [-0.4, -0.2) is 23.0 Å². The van der Waals surface area contributed by atoms with Crippen LogP contribution in [0.5, 0.6) is 5.75 Å². The maximum absolute atomic E-state index is 12.9. The number of unbranched alkanes of at least 4 members (excludes halogenated alkanes) is 1. The van der Waals surface area contributed by atoms with Gasteiger partial charge in [0, 0.05) is 34.6 Å². The van der Waals surface area contributed by atoms with Crippen LogP contribution in [0.15, 0.2) is 64.2 Å². The molecule has 0 bridgehead atoms. The average Bonchev–Trinajstić information content (AvgIpc) is 2.71. The third kappa shape index (κ3) is 8.91. The molecule has 32 heavy (non-hydrogen) atoms. The molecule has 0 fully saturated rings. The van der Waals surface area contributed by atoms with Gasteiger partial charge in [0.1, 0.15) is 5.75 Å². The van der Waals surface area contributed by atoms with Gasteiger partial charge in [0.15, 0.2) is 0 Å². The molecule has 0 aliphatic rings. The summed E-state index contributed by atoms with van der Waals surface area (Å²) in [7, 11) is -1.39. The van der Waals surface area contributed by atoms with Crippen molar-refractivity contribution in [2.24, 2.45) is 0 Å². The molecule has 1 aromatic rings. The zero-order chi connectivity index (χ0) is 24.3. The largest absolute Gasteiger partial charge is 0.435 e. The van der Waals surface area contributed by atoms with Gasteiger partial charge in [0.2, 0.25) is 5.91 Å². The Balaban J connectivity index is 3.82. The maximum atomic E-state index is 12.9. The Morgan fingerprint density at radius 1 is 1.19 bits per heavy atom. The Kier molecular flexibility index (Phi) is 11.8. The number of hydrogen-bond donors (Lipinski definition) is 1. The second-order valence-corrected chi connectivity index (χ2v) is 8.59. The first-order valence-corrected chi connectivity index (χ1v) is 12.2. The first-order chi connectivity index (χ1) is 15.1. The lowest BCUT2D eigenvalue weighted by Crippen LogP contribution is -2.18. The standard InChI is InChI=1S/C25H33F2NO3S/c1-7-10-12-23(19-13-21(31-25(26)27)16-22(14-19)32(6)30)24(17(4)9-3)15-20(11-8-2)28-18(5)29/h9,11-16,25H,7-8,10H2,1-6H3,(H,28,29)/b17-9-,20-11-,23-12-,24-15+. The van der Waals surface area contributed by atoms with Crippen LogP contribution >= 0.6 is 0 Å². The molecule has 4 nitrogen and oxygen atoms in total. The van der Waals surface area contributed by atoms with E-state index in [1.54, 1.807) is 6.07 Å². The second-order valence-electron chi connectivity index (χ2n) is 7.21. The first kappa shape index (κ1) is 27.5. The van der Waals surface area contributed by atoms with Gasteiger partial charge in [-0.2, -0.15) is 8.78 Å². The number of halogens is 2. The van der Waals surface area contributed by atoms with Crippen LogP contribution in [-0.2, 0) is 15.6 Å². The zero-order valence-electron chi connectivity index (χ0n) is 19.6. The van der Waals surface area contributed by atoms with E-state index in [4.69, 9.17) is 0 Å². The summed E-state index contributed by atoms with van der Waals surface area (Å²) in [5.74, 6) is -0.234. The summed E-state index contributed by atoms with van der Waals surface area (Å²) in [6.07, 6.45) is 11.6. The molecule has 1 amide bonds. The number of allylic oxidation sites excluding steroid dienone is 7. The van der Waals surface area contributed by atoms with Gasteiger partial charge < -0.3 is 10.1 Å². The van der Waals surface area contributed by atoms with E-state index in [1.165, 1.54) is 25.3 Å². The molecule has 1 rings (SSSR count). The van der Waals surface area contributed by atoms with E-state index in [-0.39, 0.29) is 11.7 Å².